The topological polar surface area (TPSA) is 9.23 Å². The second-order valence-electron chi connectivity index (χ2n) is 5.54. The van der Waals surface area contributed by atoms with Crippen molar-refractivity contribution in [3.8, 4) is 0 Å². The molecule has 1 aromatic carbocycles. The van der Waals surface area contributed by atoms with Crippen LogP contribution in [0.1, 0.15) is 44.6 Å². The van der Waals surface area contributed by atoms with Crippen LogP contribution >= 0.6 is 0 Å². The molecule has 0 amide bonds. The van der Waals surface area contributed by atoms with E-state index >= 15 is 0 Å². The standard InChI is InChI=1S/C19H26O/c1-2-8-17-12-14-19(15-13-17)20-16-7-6-11-18-9-4-3-5-10-18/h3-5,9-10,12,14-15,17H,2,6-8,11,13,16H2,1H3. The maximum Gasteiger partial charge on any atom is 0.115 e. The summed E-state index contributed by atoms with van der Waals surface area (Å²) >= 11 is 0. The molecule has 0 spiro atoms. The Hall–Kier alpha value is -1.50. The Bertz CT molecular complexity index is 430. The molecular weight excluding hydrogens is 244 g/mol. The molecule has 1 aliphatic rings. The smallest absolute Gasteiger partial charge is 0.115 e. The molecule has 0 aromatic heterocycles. The third kappa shape index (κ3) is 5.24. The van der Waals surface area contributed by atoms with Crippen molar-refractivity contribution in [3.63, 3.8) is 0 Å². The van der Waals surface area contributed by atoms with Crippen molar-refractivity contribution in [1.82, 2.24) is 0 Å². The number of aryl methyl sites for hydroxylation is 1. The highest BCUT2D eigenvalue weighted by atomic mass is 16.5. The molecule has 0 saturated carbocycles. The minimum absolute atomic E-state index is 0.727. The zero-order valence-corrected chi connectivity index (χ0v) is 12.6. The van der Waals surface area contributed by atoms with Gasteiger partial charge >= 0.3 is 0 Å². The van der Waals surface area contributed by atoms with Crippen LogP contribution in [-0.2, 0) is 11.2 Å². The van der Waals surface area contributed by atoms with Gasteiger partial charge in [-0.05, 0) is 55.7 Å². The first-order valence-electron chi connectivity index (χ1n) is 7.93. The van der Waals surface area contributed by atoms with Crippen molar-refractivity contribution in [1.29, 1.82) is 0 Å². The summed E-state index contributed by atoms with van der Waals surface area (Å²) in [5.74, 6) is 1.79. The molecule has 1 aliphatic carbocycles. The number of unbranched alkanes of at least 4 members (excludes halogenated alkanes) is 1. The van der Waals surface area contributed by atoms with Gasteiger partial charge in [0, 0.05) is 0 Å². The molecule has 0 heterocycles. The molecule has 0 fully saturated rings. The Morgan fingerprint density at radius 3 is 2.70 bits per heavy atom. The highest BCUT2D eigenvalue weighted by Gasteiger charge is 2.07. The van der Waals surface area contributed by atoms with Crippen molar-refractivity contribution in [2.24, 2.45) is 5.92 Å². The Morgan fingerprint density at radius 2 is 2.00 bits per heavy atom. The molecule has 1 aromatic rings. The van der Waals surface area contributed by atoms with E-state index in [1.807, 2.05) is 0 Å². The van der Waals surface area contributed by atoms with E-state index in [1.54, 1.807) is 0 Å². The van der Waals surface area contributed by atoms with Gasteiger partial charge in [0.2, 0.25) is 0 Å². The Kier molecular flexibility index (Phi) is 6.43. The van der Waals surface area contributed by atoms with Gasteiger partial charge in [-0.25, -0.2) is 0 Å². The van der Waals surface area contributed by atoms with Crippen molar-refractivity contribution in [2.75, 3.05) is 6.61 Å². The number of rotatable bonds is 8. The molecule has 0 aliphatic heterocycles. The largest absolute Gasteiger partial charge is 0.494 e. The lowest BCUT2D eigenvalue weighted by atomic mass is 9.95. The van der Waals surface area contributed by atoms with Crippen molar-refractivity contribution in [3.05, 3.63) is 59.9 Å². The summed E-state index contributed by atoms with van der Waals surface area (Å²) in [6, 6.07) is 10.7. The zero-order chi connectivity index (χ0) is 14.0. The van der Waals surface area contributed by atoms with E-state index in [9.17, 15) is 0 Å². The summed E-state index contributed by atoms with van der Waals surface area (Å²) in [6.45, 7) is 3.08. The Labute approximate surface area is 123 Å². The van der Waals surface area contributed by atoms with Crippen LogP contribution in [0.4, 0.5) is 0 Å². The van der Waals surface area contributed by atoms with Gasteiger partial charge in [0.25, 0.3) is 0 Å². The lowest BCUT2D eigenvalue weighted by molar-refractivity contribution is 0.214. The lowest BCUT2D eigenvalue weighted by Gasteiger charge is -2.16. The van der Waals surface area contributed by atoms with Gasteiger partial charge in [-0.3, -0.25) is 0 Å². The Balaban J connectivity index is 1.57. The molecule has 1 heteroatoms. The highest BCUT2D eigenvalue weighted by Crippen LogP contribution is 2.21. The van der Waals surface area contributed by atoms with Crippen LogP contribution in [0.15, 0.2) is 54.3 Å². The van der Waals surface area contributed by atoms with E-state index in [4.69, 9.17) is 4.74 Å². The molecule has 0 radical (unpaired) electrons. The number of ether oxygens (including phenoxy) is 1. The second-order valence-corrected chi connectivity index (χ2v) is 5.54. The lowest BCUT2D eigenvalue weighted by Crippen LogP contribution is -2.02. The minimum Gasteiger partial charge on any atom is -0.494 e. The Morgan fingerprint density at radius 1 is 1.15 bits per heavy atom. The van der Waals surface area contributed by atoms with Crippen LogP contribution < -0.4 is 0 Å². The number of hydrogen-bond donors (Lipinski definition) is 0. The molecule has 1 nitrogen and oxygen atoms in total. The minimum atomic E-state index is 0.727. The maximum atomic E-state index is 5.82. The summed E-state index contributed by atoms with van der Waals surface area (Å²) in [5.41, 5.74) is 1.42. The van der Waals surface area contributed by atoms with Crippen LogP contribution in [0.2, 0.25) is 0 Å². The fourth-order valence-electron chi connectivity index (χ4n) is 2.60. The van der Waals surface area contributed by atoms with E-state index in [1.165, 1.54) is 24.8 Å². The predicted molar refractivity (Wildman–Crippen MR) is 85.6 cm³/mol. The number of hydrogen-bond acceptors (Lipinski definition) is 1. The SMILES string of the molecule is CCCC1C=CC(OCCCCc2ccccc2)=CC1. The first kappa shape index (κ1) is 14.9. The van der Waals surface area contributed by atoms with Gasteiger partial charge in [-0.2, -0.15) is 0 Å². The molecular formula is C19H26O. The quantitative estimate of drug-likeness (QED) is 0.583. The third-order valence-electron chi connectivity index (χ3n) is 3.79. The first-order valence-corrected chi connectivity index (χ1v) is 7.93. The summed E-state index contributed by atoms with van der Waals surface area (Å²) in [6.07, 6.45) is 13.9. The van der Waals surface area contributed by atoms with Gasteiger partial charge in [-0.15, -0.1) is 0 Å². The van der Waals surface area contributed by atoms with Gasteiger partial charge in [-0.1, -0.05) is 49.8 Å². The number of benzene rings is 1. The number of allylic oxidation sites excluding steroid dienone is 3. The van der Waals surface area contributed by atoms with Crippen LogP contribution in [0.25, 0.3) is 0 Å². The zero-order valence-electron chi connectivity index (χ0n) is 12.6. The molecule has 0 bridgehead atoms. The highest BCUT2D eigenvalue weighted by molar-refractivity contribution is 5.18. The summed E-state index contributed by atoms with van der Waals surface area (Å²) in [4.78, 5) is 0. The molecule has 2 rings (SSSR count). The average molecular weight is 270 g/mol. The average Bonchev–Trinajstić information content (AvgIpc) is 2.50. The predicted octanol–water partition coefficient (Wildman–Crippen LogP) is 5.29. The van der Waals surface area contributed by atoms with Gasteiger partial charge < -0.3 is 4.74 Å². The molecule has 20 heavy (non-hydrogen) atoms. The molecule has 1 unspecified atom stereocenters. The van der Waals surface area contributed by atoms with Crippen molar-refractivity contribution >= 4 is 0 Å². The van der Waals surface area contributed by atoms with Crippen LogP contribution in [-0.4, -0.2) is 6.61 Å². The second kappa shape index (κ2) is 8.63. The van der Waals surface area contributed by atoms with E-state index in [0.717, 1.165) is 37.5 Å². The van der Waals surface area contributed by atoms with E-state index < -0.39 is 0 Å². The van der Waals surface area contributed by atoms with E-state index in [-0.39, 0.29) is 0 Å². The van der Waals surface area contributed by atoms with E-state index in [2.05, 4.69) is 55.5 Å². The maximum absolute atomic E-state index is 5.82. The van der Waals surface area contributed by atoms with Gasteiger partial charge in [0.15, 0.2) is 0 Å². The van der Waals surface area contributed by atoms with Crippen LogP contribution in [0, 0.1) is 5.92 Å². The molecule has 0 N–H and O–H groups in total. The fourth-order valence-corrected chi connectivity index (χ4v) is 2.60. The van der Waals surface area contributed by atoms with Crippen LogP contribution in [0.3, 0.4) is 0 Å². The summed E-state index contributed by atoms with van der Waals surface area (Å²) in [7, 11) is 0. The normalized spacial score (nSPS) is 17.9. The van der Waals surface area contributed by atoms with Crippen molar-refractivity contribution < 1.29 is 4.74 Å². The molecule has 0 saturated heterocycles. The van der Waals surface area contributed by atoms with E-state index in [0.29, 0.717) is 0 Å². The fraction of sp³-hybridized carbons (Fsp3) is 0.474. The van der Waals surface area contributed by atoms with Crippen LogP contribution in [0.5, 0.6) is 0 Å². The van der Waals surface area contributed by atoms with Gasteiger partial charge in [0.05, 0.1) is 6.61 Å². The summed E-state index contributed by atoms with van der Waals surface area (Å²) in [5, 5.41) is 0. The van der Waals surface area contributed by atoms with Gasteiger partial charge in [0.1, 0.15) is 5.76 Å². The first-order chi connectivity index (χ1) is 9.88. The molecule has 108 valence electrons. The third-order valence-corrected chi connectivity index (χ3v) is 3.79. The van der Waals surface area contributed by atoms with Crippen molar-refractivity contribution in [2.45, 2.75) is 45.4 Å². The monoisotopic (exact) mass is 270 g/mol. The molecule has 1 atom stereocenters. The summed E-state index contributed by atoms with van der Waals surface area (Å²) < 4.78 is 5.82.